The number of rotatable bonds is 8. The Bertz CT molecular complexity index is 3610. The molecule has 1 aromatic heterocycles. The van der Waals surface area contributed by atoms with Crippen LogP contribution in [0.25, 0.3) is 60.5 Å². The molecule has 0 bridgehead atoms. The average molecular weight is 855 g/mol. The number of fused-ring (bicyclic) bond motifs is 7. The monoisotopic (exact) mass is 854 g/mol. The lowest BCUT2D eigenvalue weighted by atomic mass is 9.63. The topological polar surface area (TPSA) is 8.17 Å². The lowest BCUT2D eigenvalue weighted by Gasteiger charge is -2.38. The molecule has 0 saturated carbocycles. The van der Waals surface area contributed by atoms with E-state index in [4.69, 9.17) is 0 Å². The van der Waals surface area contributed by atoms with Crippen LogP contribution >= 0.6 is 0 Å². The Balaban J connectivity index is 1.02. The van der Waals surface area contributed by atoms with Crippen LogP contribution in [0.5, 0.6) is 0 Å². The summed E-state index contributed by atoms with van der Waals surface area (Å²) in [7, 11) is 0. The van der Waals surface area contributed by atoms with Crippen LogP contribution in [0.3, 0.4) is 0 Å². The molecule has 0 aliphatic heterocycles. The fraction of sp³-hybridized carbons (Fsp3) is 0.0462. The third kappa shape index (κ3) is 6.18. The second-order valence-corrected chi connectivity index (χ2v) is 18.0. The molecule has 316 valence electrons. The molecule has 2 nitrogen and oxygen atoms in total. The highest BCUT2D eigenvalue weighted by molar-refractivity contribution is 6.09. The summed E-state index contributed by atoms with van der Waals surface area (Å²) in [5.41, 5.74) is 16.6. The zero-order valence-electron chi connectivity index (χ0n) is 37.0. The van der Waals surface area contributed by atoms with Crippen molar-refractivity contribution in [2.24, 2.45) is 5.92 Å². The Kier molecular flexibility index (Phi) is 9.25. The Morgan fingerprint density at radius 2 is 1.00 bits per heavy atom. The van der Waals surface area contributed by atoms with Crippen LogP contribution in [0.1, 0.15) is 28.2 Å². The van der Waals surface area contributed by atoms with E-state index in [0.29, 0.717) is 0 Å². The summed E-state index contributed by atoms with van der Waals surface area (Å²) in [4.78, 5) is 2.52. The molecule has 10 aromatic carbocycles. The van der Waals surface area contributed by atoms with Crippen molar-refractivity contribution in [2.45, 2.75) is 11.3 Å². The van der Waals surface area contributed by atoms with E-state index in [2.05, 4.69) is 276 Å². The lowest BCUT2D eigenvalue weighted by Crippen LogP contribution is -2.34. The lowest BCUT2D eigenvalue weighted by molar-refractivity contribution is 0.457. The van der Waals surface area contributed by atoms with Crippen molar-refractivity contribution < 1.29 is 0 Å². The highest BCUT2D eigenvalue weighted by Crippen LogP contribution is 2.62. The first kappa shape index (κ1) is 39.0. The number of allylic oxidation sites excluding steroid dienone is 4. The number of hydrogen-bond acceptors (Lipinski definition) is 1. The zero-order chi connectivity index (χ0) is 44.3. The van der Waals surface area contributed by atoms with Crippen LogP contribution in [0.2, 0.25) is 0 Å². The Hall–Kier alpha value is -8.46. The molecule has 0 spiro atoms. The van der Waals surface area contributed by atoms with Gasteiger partial charge in [0.2, 0.25) is 0 Å². The van der Waals surface area contributed by atoms with E-state index in [9.17, 15) is 0 Å². The molecule has 0 fully saturated rings. The van der Waals surface area contributed by atoms with Crippen LogP contribution in [0, 0.1) is 5.92 Å². The minimum absolute atomic E-state index is 0.139. The van der Waals surface area contributed by atoms with Crippen molar-refractivity contribution in [3.8, 4) is 27.9 Å². The van der Waals surface area contributed by atoms with Crippen LogP contribution < -0.4 is 4.90 Å². The van der Waals surface area contributed by atoms with Gasteiger partial charge in [0, 0.05) is 39.5 Å². The summed E-state index contributed by atoms with van der Waals surface area (Å²) in [5.74, 6) is 0.309. The zero-order valence-corrected chi connectivity index (χ0v) is 37.0. The van der Waals surface area contributed by atoms with E-state index < -0.39 is 5.41 Å². The van der Waals surface area contributed by atoms with E-state index in [1.54, 1.807) is 0 Å². The molecule has 2 aliphatic carbocycles. The van der Waals surface area contributed by atoms with Gasteiger partial charge in [-0.15, -0.1) is 0 Å². The smallest absolute Gasteiger partial charge is 0.0541 e. The fourth-order valence-corrected chi connectivity index (χ4v) is 11.7. The van der Waals surface area contributed by atoms with Crippen molar-refractivity contribution >= 4 is 49.6 Å². The fourth-order valence-electron chi connectivity index (χ4n) is 11.7. The van der Waals surface area contributed by atoms with Gasteiger partial charge in [0.15, 0.2) is 0 Å². The molecule has 67 heavy (non-hydrogen) atoms. The van der Waals surface area contributed by atoms with Crippen LogP contribution in [-0.2, 0) is 5.41 Å². The predicted octanol–water partition coefficient (Wildman–Crippen LogP) is 16.9. The number of nitrogens with zero attached hydrogens (tertiary/aromatic N) is 2. The Labute approximate surface area is 391 Å². The maximum absolute atomic E-state index is 2.52. The van der Waals surface area contributed by atoms with Crippen LogP contribution in [0.4, 0.5) is 17.1 Å². The molecular weight excluding hydrogens is 809 g/mol. The van der Waals surface area contributed by atoms with Gasteiger partial charge < -0.3 is 9.47 Å². The standard InChI is InChI=1S/C65H46N2/c1-3-22-50(23-4-1)65(51-24-5-2-6-25-51)58-31-13-9-30-57(58)64-59(65)32-18-36-63(64)66(53-26-17-21-48(44-53)49-38-37-45-19-7-8-20-47(45)43-49)52-41-39-46(40-42-52)54-27-10-14-33-60(54)67-61-34-15-11-28-55(61)56-29-12-16-35-62(56)67/h1-44,57-58H. The molecule has 11 aromatic rings. The van der Waals surface area contributed by atoms with Crippen molar-refractivity contribution in [1.82, 2.24) is 4.57 Å². The molecule has 2 aliphatic rings. The minimum Gasteiger partial charge on any atom is -0.310 e. The maximum atomic E-state index is 2.52. The largest absolute Gasteiger partial charge is 0.310 e. The summed E-state index contributed by atoms with van der Waals surface area (Å²) in [6.07, 6.45) is 9.41. The molecular formula is C65H46N2. The summed E-state index contributed by atoms with van der Waals surface area (Å²) in [5, 5.41) is 5.00. The van der Waals surface area contributed by atoms with E-state index in [-0.39, 0.29) is 11.8 Å². The van der Waals surface area contributed by atoms with Gasteiger partial charge >= 0.3 is 0 Å². The molecule has 0 N–H and O–H groups in total. The van der Waals surface area contributed by atoms with Gasteiger partial charge in [0.1, 0.15) is 0 Å². The van der Waals surface area contributed by atoms with Gasteiger partial charge in [-0.1, -0.05) is 212 Å². The van der Waals surface area contributed by atoms with E-state index in [0.717, 1.165) is 22.6 Å². The first-order chi connectivity index (χ1) is 33.3. The third-order valence-corrected chi connectivity index (χ3v) is 14.5. The van der Waals surface area contributed by atoms with Crippen LogP contribution in [-0.4, -0.2) is 4.57 Å². The third-order valence-electron chi connectivity index (χ3n) is 14.5. The highest BCUT2D eigenvalue weighted by Gasteiger charge is 2.54. The minimum atomic E-state index is -0.404. The van der Waals surface area contributed by atoms with Gasteiger partial charge in [-0.05, 0) is 104 Å². The first-order valence-electron chi connectivity index (χ1n) is 23.4. The van der Waals surface area contributed by atoms with Crippen LogP contribution in [0.15, 0.2) is 267 Å². The average Bonchev–Trinajstić information content (AvgIpc) is 3.91. The Morgan fingerprint density at radius 3 is 1.75 bits per heavy atom. The highest BCUT2D eigenvalue weighted by atomic mass is 15.1. The number of aromatic nitrogens is 1. The van der Waals surface area contributed by atoms with E-state index in [1.165, 1.54) is 77.2 Å². The van der Waals surface area contributed by atoms with Crippen molar-refractivity contribution in [3.63, 3.8) is 0 Å². The summed E-state index contributed by atoms with van der Waals surface area (Å²) < 4.78 is 2.43. The maximum Gasteiger partial charge on any atom is 0.0541 e. The molecule has 2 atom stereocenters. The molecule has 0 radical (unpaired) electrons. The summed E-state index contributed by atoms with van der Waals surface area (Å²) in [6, 6.07) is 89.6. The first-order valence-corrected chi connectivity index (χ1v) is 23.4. The number of anilines is 3. The van der Waals surface area contributed by atoms with Gasteiger partial charge in [0.25, 0.3) is 0 Å². The quantitative estimate of drug-likeness (QED) is 0.148. The SMILES string of the molecule is C1=CC2c3c(N(c4ccc(-c5ccccc5-n5c6ccccc6c6ccccc65)cc4)c4cccc(-c5ccc6ccccc6c5)c4)cccc3C(c3ccccc3)(c3ccccc3)C2C=C1. The second kappa shape index (κ2) is 15.9. The number of benzene rings is 10. The molecule has 13 rings (SSSR count). The summed E-state index contributed by atoms with van der Waals surface area (Å²) >= 11 is 0. The normalized spacial score (nSPS) is 15.8. The number of para-hydroxylation sites is 3. The number of hydrogen-bond donors (Lipinski definition) is 0. The van der Waals surface area contributed by atoms with E-state index in [1.807, 2.05) is 0 Å². The predicted molar refractivity (Wildman–Crippen MR) is 281 cm³/mol. The van der Waals surface area contributed by atoms with Crippen molar-refractivity contribution in [3.05, 3.63) is 289 Å². The Morgan fingerprint density at radius 1 is 0.403 bits per heavy atom. The molecule has 0 saturated heterocycles. The van der Waals surface area contributed by atoms with Gasteiger partial charge in [-0.25, -0.2) is 0 Å². The molecule has 0 amide bonds. The molecule has 1 heterocycles. The summed E-state index contributed by atoms with van der Waals surface area (Å²) in [6.45, 7) is 0. The second-order valence-electron chi connectivity index (χ2n) is 18.0. The van der Waals surface area contributed by atoms with Gasteiger partial charge in [-0.2, -0.15) is 0 Å². The van der Waals surface area contributed by atoms with Gasteiger partial charge in [-0.3, -0.25) is 0 Å². The molecule has 2 unspecified atom stereocenters. The van der Waals surface area contributed by atoms with Crippen molar-refractivity contribution in [2.75, 3.05) is 4.90 Å². The molecule has 2 heteroatoms. The van der Waals surface area contributed by atoms with Crippen molar-refractivity contribution in [1.29, 1.82) is 0 Å². The van der Waals surface area contributed by atoms with Gasteiger partial charge in [0.05, 0.1) is 27.8 Å². The van der Waals surface area contributed by atoms with E-state index >= 15 is 0 Å².